The first-order valence-electron chi connectivity index (χ1n) is 5.59. The average Bonchev–Trinajstić information content (AvgIpc) is 2.42. The number of amides is 1. The molecule has 1 amide bonds. The van der Waals surface area contributed by atoms with E-state index in [0.717, 1.165) is 12.5 Å². The van der Waals surface area contributed by atoms with Crippen LogP contribution >= 0.6 is 0 Å². The van der Waals surface area contributed by atoms with Crippen molar-refractivity contribution in [2.45, 2.75) is 51.9 Å². The van der Waals surface area contributed by atoms with Crippen LogP contribution in [-0.2, 0) is 4.79 Å². The molecule has 0 spiro atoms. The minimum absolute atomic E-state index is 0.198. The van der Waals surface area contributed by atoms with Crippen LogP contribution < -0.4 is 5.32 Å². The third-order valence-electron chi connectivity index (χ3n) is 2.88. The summed E-state index contributed by atoms with van der Waals surface area (Å²) in [5, 5.41) is 2.99. The Bertz CT molecular complexity index is 148. The molecule has 2 heteroatoms. The van der Waals surface area contributed by atoms with Gasteiger partial charge in [0.05, 0.1) is 0 Å². The van der Waals surface area contributed by atoms with E-state index >= 15 is 0 Å². The summed E-state index contributed by atoms with van der Waals surface area (Å²) in [6, 6.07) is 0. The van der Waals surface area contributed by atoms with Crippen LogP contribution in [-0.4, -0.2) is 12.5 Å². The van der Waals surface area contributed by atoms with Gasteiger partial charge in [0.1, 0.15) is 0 Å². The van der Waals surface area contributed by atoms with Crippen molar-refractivity contribution < 1.29 is 4.79 Å². The van der Waals surface area contributed by atoms with Crippen LogP contribution in [0, 0.1) is 5.92 Å². The first-order chi connectivity index (χ1) is 6.33. The second-order valence-corrected chi connectivity index (χ2v) is 4.02. The van der Waals surface area contributed by atoms with E-state index in [2.05, 4.69) is 5.32 Å². The van der Waals surface area contributed by atoms with Crippen LogP contribution in [0.2, 0.25) is 0 Å². The van der Waals surface area contributed by atoms with E-state index in [1.165, 1.54) is 38.5 Å². The Morgan fingerprint density at radius 3 is 2.38 bits per heavy atom. The summed E-state index contributed by atoms with van der Waals surface area (Å²) in [6.07, 6.45) is 8.72. The van der Waals surface area contributed by atoms with Crippen molar-refractivity contribution in [3.8, 4) is 0 Å². The molecule has 1 fully saturated rings. The van der Waals surface area contributed by atoms with Gasteiger partial charge in [-0.05, 0) is 18.8 Å². The van der Waals surface area contributed by atoms with E-state index in [0.29, 0.717) is 6.42 Å². The Labute approximate surface area is 81.1 Å². The minimum atomic E-state index is 0.198. The van der Waals surface area contributed by atoms with Gasteiger partial charge >= 0.3 is 0 Å². The molecule has 76 valence electrons. The van der Waals surface area contributed by atoms with Gasteiger partial charge in [-0.1, -0.05) is 32.6 Å². The molecule has 0 aromatic rings. The Kier molecular flexibility index (Phi) is 4.87. The van der Waals surface area contributed by atoms with Gasteiger partial charge in [0, 0.05) is 13.0 Å². The fourth-order valence-corrected chi connectivity index (χ4v) is 1.95. The second-order valence-electron chi connectivity index (χ2n) is 4.02. The standard InChI is InChI=1S/C11H21NO/c1-2-11(13)12-9-10-7-5-3-4-6-8-10/h10H,2-9H2,1H3,(H,12,13). The largest absolute Gasteiger partial charge is 0.356 e. The average molecular weight is 183 g/mol. The molecule has 1 aliphatic carbocycles. The molecule has 0 saturated heterocycles. The smallest absolute Gasteiger partial charge is 0.219 e. The Morgan fingerprint density at radius 2 is 1.85 bits per heavy atom. The molecular weight excluding hydrogens is 162 g/mol. The van der Waals surface area contributed by atoms with Gasteiger partial charge < -0.3 is 5.32 Å². The summed E-state index contributed by atoms with van der Waals surface area (Å²) in [6.45, 7) is 2.81. The van der Waals surface area contributed by atoms with Crippen molar-refractivity contribution >= 4 is 5.91 Å². The van der Waals surface area contributed by atoms with Crippen LogP contribution in [0.4, 0.5) is 0 Å². The van der Waals surface area contributed by atoms with E-state index in [-0.39, 0.29) is 5.91 Å². The van der Waals surface area contributed by atoms with Crippen molar-refractivity contribution in [1.82, 2.24) is 5.32 Å². The number of carbonyl (C=O) groups is 1. The molecule has 1 N–H and O–H groups in total. The van der Waals surface area contributed by atoms with Crippen LogP contribution in [0.5, 0.6) is 0 Å². The quantitative estimate of drug-likeness (QED) is 0.669. The zero-order valence-corrected chi connectivity index (χ0v) is 8.64. The molecule has 1 rings (SSSR count). The molecule has 0 bridgehead atoms. The number of rotatable bonds is 3. The van der Waals surface area contributed by atoms with Crippen LogP contribution in [0.15, 0.2) is 0 Å². The number of hydrogen-bond donors (Lipinski definition) is 1. The molecule has 0 heterocycles. The Morgan fingerprint density at radius 1 is 1.23 bits per heavy atom. The predicted octanol–water partition coefficient (Wildman–Crippen LogP) is 2.48. The van der Waals surface area contributed by atoms with Gasteiger partial charge in [-0.15, -0.1) is 0 Å². The third kappa shape index (κ3) is 4.30. The fraction of sp³-hybridized carbons (Fsp3) is 0.909. The van der Waals surface area contributed by atoms with Crippen molar-refractivity contribution in [1.29, 1.82) is 0 Å². The number of hydrogen-bond acceptors (Lipinski definition) is 1. The zero-order valence-electron chi connectivity index (χ0n) is 8.64. The van der Waals surface area contributed by atoms with E-state index in [1.807, 2.05) is 6.92 Å². The Hall–Kier alpha value is -0.530. The highest BCUT2D eigenvalue weighted by Gasteiger charge is 2.12. The van der Waals surface area contributed by atoms with Gasteiger partial charge in [-0.2, -0.15) is 0 Å². The molecule has 0 radical (unpaired) electrons. The molecule has 0 aliphatic heterocycles. The maximum absolute atomic E-state index is 11.0. The summed E-state index contributed by atoms with van der Waals surface area (Å²) in [5.41, 5.74) is 0. The second kappa shape index (κ2) is 6.01. The molecular formula is C11H21NO. The van der Waals surface area contributed by atoms with Crippen LogP contribution in [0.3, 0.4) is 0 Å². The predicted molar refractivity (Wildman–Crippen MR) is 54.5 cm³/mol. The van der Waals surface area contributed by atoms with Crippen molar-refractivity contribution in [2.24, 2.45) is 5.92 Å². The highest BCUT2D eigenvalue weighted by molar-refractivity contribution is 5.75. The molecule has 13 heavy (non-hydrogen) atoms. The van der Waals surface area contributed by atoms with Crippen LogP contribution in [0.25, 0.3) is 0 Å². The lowest BCUT2D eigenvalue weighted by Crippen LogP contribution is -2.28. The molecule has 2 nitrogen and oxygen atoms in total. The normalized spacial score (nSPS) is 19.5. The lowest BCUT2D eigenvalue weighted by Gasteiger charge is -2.14. The van der Waals surface area contributed by atoms with Gasteiger partial charge in [0.15, 0.2) is 0 Å². The van der Waals surface area contributed by atoms with E-state index in [1.54, 1.807) is 0 Å². The summed E-state index contributed by atoms with van der Waals surface area (Å²) in [7, 11) is 0. The summed E-state index contributed by atoms with van der Waals surface area (Å²) in [5.74, 6) is 0.947. The number of nitrogens with one attached hydrogen (secondary N) is 1. The SMILES string of the molecule is CCC(=O)NCC1CCCCCC1. The van der Waals surface area contributed by atoms with Gasteiger partial charge in [0.2, 0.25) is 5.91 Å². The van der Waals surface area contributed by atoms with Crippen molar-refractivity contribution in [2.75, 3.05) is 6.54 Å². The van der Waals surface area contributed by atoms with Crippen LogP contribution in [0.1, 0.15) is 51.9 Å². The first-order valence-corrected chi connectivity index (χ1v) is 5.59. The molecule has 0 aromatic carbocycles. The topological polar surface area (TPSA) is 29.1 Å². The maximum Gasteiger partial charge on any atom is 0.219 e. The summed E-state index contributed by atoms with van der Waals surface area (Å²) in [4.78, 5) is 11.0. The third-order valence-corrected chi connectivity index (χ3v) is 2.88. The molecule has 0 unspecified atom stereocenters. The van der Waals surface area contributed by atoms with Gasteiger partial charge in [-0.25, -0.2) is 0 Å². The summed E-state index contributed by atoms with van der Waals surface area (Å²) >= 11 is 0. The maximum atomic E-state index is 11.0. The molecule has 0 aromatic heterocycles. The van der Waals surface area contributed by atoms with E-state index < -0.39 is 0 Å². The minimum Gasteiger partial charge on any atom is -0.356 e. The lowest BCUT2D eigenvalue weighted by atomic mass is 10.0. The highest BCUT2D eigenvalue weighted by atomic mass is 16.1. The Balaban J connectivity index is 2.15. The van der Waals surface area contributed by atoms with E-state index in [9.17, 15) is 4.79 Å². The lowest BCUT2D eigenvalue weighted by molar-refractivity contribution is -0.120. The van der Waals surface area contributed by atoms with Crippen molar-refractivity contribution in [3.63, 3.8) is 0 Å². The molecule has 1 aliphatic rings. The zero-order chi connectivity index (χ0) is 9.52. The van der Waals surface area contributed by atoms with Gasteiger partial charge in [0.25, 0.3) is 0 Å². The molecule has 1 saturated carbocycles. The molecule has 0 atom stereocenters. The first kappa shape index (κ1) is 10.6. The summed E-state index contributed by atoms with van der Waals surface area (Å²) < 4.78 is 0. The number of carbonyl (C=O) groups excluding carboxylic acids is 1. The van der Waals surface area contributed by atoms with E-state index in [4.69, 9.17) is 0 Å². The van der Waals surface area contributed by atoms with Gasteiger partial charge in [-0.3, -0.25) is 4.79 Å². The highest BCUT2D eigenvalue weighted by Crippen LogP contribution is 2.21. The van der Waals surface area contributed by atoms with Crippen molar-refractivity contribution in [3.05, 3.63) is 0 Å². The monoisotopic (exact) mass is 183 g/mol. The fourth-order valence-electron chi connectivity index (χ4n) is 1.95.